The Morgan fingerprint density at radius 2 is 1.41 bits per heavy atom. The average Bonchev–Trinajstić information content (AvgIpc) is 2.72. The van der Waals surface area contributed by atoms with Crippen LogP contribution in [0.5, 0.6) is 17.2 Å². The van der Waals surface area contributed by atoms with Gasteiger partial charge in [-0.15, -0.1) is 0 Å². The van der Waals surface area contributed by atoms with Crippen molar-refractivity contribution >= 4 is 12.3 Å². The van der Waals surface area contributed by atoms with Crippen LogP contribution in [0.2, 0.25) is 0 Å². The molecule has 0 radical (unpaired) electrons. The minimum absolute atomic E-state index is 0.692. The molecular formula is C23H26NO3+. The lowest BCUT2D eigenvalue weighted by atomic mass is 10.1. The monoisotopic (exact) mass is 364 g/mol. The topological polar surface area (TPSA) is 41.7 Å². The summed E-state index contributed by atoms with van der Waals surface area (Å²) in [5, 5.41) is 0. The summed E-state index contributed by atoms with van der Waals surface area (Å²) in [6.07, 6.45) is 13.6. The van der Waals surface area contributed by atoms with E-state index in [9.17, 15) is 0 Å². The first-order valence-corrected chi connectivity index (χ1v) is 8.69. The molecule has 0 amide bonds. The van der Waals surface area contributed by atoms with Crippen LogP contribution in [-0.4, -0.2) is 27.5 Å². The second-order valence-corrected chi connectivity index (χ2v) is 5.61. The molecule has 0 fully saturated rings. The van der Waals surface area contributed by atoms with Crippen LogP contribution in [0.15, 0.2) is 72.8 Å². The lowest BCUT2D eigenvalue weighted by Crippen LogP contribution is -2.66. The van der Waals surface area contributed by atoms with E-state index in [2.05, 4.69) is 17.1 Å². The van der Waals surface area contributed by atoms with E-state index < -0.39 is 0 Å². The van der Waals surface area contributed by atoms with Crippen molar-refractivity contribution in [1.29, 1.82) is 0 Å². The first kappa shape index (κ1) is 20.0. The number of nitrogens with one attached hydrogen (secondary N) is 1. The second-order valence-electron chi connectivity index (χ2n) is 5.61. The fraction of sp³-hybridized carbons (Fsp3) is 0.174. The molecule has 0 unspecified atom stereocenters. The molecule has 1 N–H and O–H groups in total. The van der Waals surface area contributed by atoms with Crippen LogP contribution in [0.1, 0.15) is 11.1 Å². The lowest BCUT2D eigenvalue weighted by molar-refractivity contribution is -0.469. The maximum Gasteiger partial charge on any atom is 0.166 e. The van der Waals surface area contributed by atoms with Crippen LogP contribution in [0.3, 0.4) is 0 Å². The highest BCUT2D eigenvalue weighted by atomic mass is 16.5. The molecule has 27 heavy (non-hydrogen) atoms. The van der Waals surface area contributed by atoms with E-state index >= 15 is 0 Å². The van der Waals surface area contributed by atoms with Crippen molar-refractivity contribution in [2.75, 3.05) is 21.3 Å². The number of hydrogen-bond acceptors (Lipinski definition) is 3. The van der Waals surface area contributed by atoms with Crippen molar-refractivity contribution in [3.05, 3.63) is 84.0 Å². The van der Waals surface area contributed by atoms with Crippen molar-refractivity contribution in [1.82, 2.24) is 0 Å². The predicted octanol–water partition coefficient (Wildman–Crippen LogP) is 3.19. The van der Waals surface area contributed by atoms with Gasteiger partial charge in [0.1, 0.15) is 17.2 Å². The first-order valence-electron chi connectivity index (χ1n) is 8.69. The zero-order valence-corrected chi connectivity index (χ0v) is 16.0. The van der Waals surface area contributed by atoms with Crippen LogP contribution < -0.4 is 19.2 Å². The van der Waals surface area contributed by atoms with Crippen molar-refractivity contribution in [3.8, 4) is 17.2 Å². The molecule has 0 saturated carbocycles. The maximum atomic E-state index is 5.43. The van der Waals surface area contributed by atoms with E-state index in [0.717, 1.165) is 12.1 Å². The molecule has 0 aromatic heterocycles. The van der Waals surface area contributed by atoms with Crippen molar-refractivity contribution in [3.63, 3.8) is 0 Å². The molecule has 0 heterocycles. The number of hydrogen-bond donors (Lipinski definition) is 1. The van der Waals surface area contributed by atoms with Gasteiger partial charge >= 0.3 is 0 Å². The Morgan fingerprint density at radius 3 is 2.04 bits per heavy atom. The molecule has 0 saturated heterocycles. The molecule has 0 aliphatic heterocycles. The van der Waals surface area contributed by atoms with Crippen molar-refractivity contribution in [2.24, 2.45) is 0 Å². The molecule has 0 atom stereocenters. The highest BCUT2D eigenvalue weighted by molar-refractivity contribution is 5.68. The number of methoxy groups -OCH3 is 3. The van der Waals surface area contributed by atoms with Gasteiger partial charge in [0.15, 0.2) is 12.8 Å². The summed E-state index contributed by atoms with van der Waals surface area (Å²) in [7, 11) is 4.87. The van der Waals surface area contributed by atoms with Gasteiger partial charge in [0.25, 0.3) is 0 Å². The molecule has 140 valence electrons. The normalized spacial score (nSPS) is 11.8. The number of allylic oxidation sites excluding steroid dienone is 5. The molecule has 0 aliphatic carbocycles. The van der Waals surface area contributed by atoms with Gasteiger partial charge in [-0.2, -0.15) is 0 Å². The second kappa shape index (κ2) is 11.4. The third kappa shape index (κ3) is 6.51. The third-order valence-corrected chi connectivity index (χ3v) is 3.82. The summed E-state index contributed by atoms with van der Waals surface area (Å²) in [6, 6.07) is 13.9. The molecule has 0 bridgehead atoms. The quantitative estimate of drug-likeness (QED) is 0.549. The van der Waals surface area contributed by atoms with E-state index in [1.54, 1.807) is 21.3 Å². The summed E-state index contributed by atoms with van der Waals surface area (Å²) in [5.41, 5.74) is 2.12. The average molecular weight is 364 g/mol. The molecule has 4 heteroatoms. The van der Waals surface area contributed by atoms with Gasteiger partial charge in [-0.05, 0) is 6.08 Å². The van der Waals surface area contributed by atoms with Crippen LogP contribution in [-0.2, 0) is 6.54 Å². The highest BCUT2D eigenvalue weighted by Gasteiger charge is 2.10. The summed E-state index contributed by atoms with van der Waals surface area (Å²) < 4.78 is 16.1. The first-order chi connectivity index (χ1) is 13.3. The Morgan fingerprint density at radius 1 is 0.778 bits per heavy atom. The van der Waals surface area contributed by atoms with E-state index in [1.165, 1.54) is 5.56 Å². The summed E-state index contributed by atoms with van der Waals surface area (Å²) in [4.78, 5) is 3.25. The smallest absolute Gasteiger partial charge is 0.166 e. The molecule has 2 aromatic carbocycles. The van der Waals surface area contributed by atoms with Gasteiger partial charge < -0.3 is 14.2 Å². The Kier molecular flexibility index (Phi) is 8.44. The Bertz CT molecular complexity index is 796. The van der Waals surface area contributed by atoms with Crippen LogP contribution in [0.25, 0.3) is 6.08 Å². The van der Waals surface area contributed by atoms with E-state index in [4.69, 9.17) is 14.2 Å². The van der Waals surface area contributed by atoms with Gasteiger partial charge in [-0.3, -0.25) is 0 Å². The largest absolute Gasteiger partial charge is 0.496 e. The van der Waals surface area contributed by atoms with E-state index in [1.807, 2.05) is 73.0 Å². The van der Waals surface area contributed by atoms with Gasteiger partial charge in [-0.1, -0.05) is 54.6 Å². The van der Waals surface area contributed by atoms with Crippen molar-refractivity contribution in [2.45, 2.75) is 6.54 Å². The zero-order valence-electron chi connectivity index (χ0n) is 16.0. The molecule has 2 aromatic rings. The van der Waals surface area contributed by atoms with Gasteiger partial charge in [0, 0.05) is 23.8 Å². The molecule has 0 aliphatic rings. The summed E-state index contributed by atoms with van der Waals surface area (Å²) in [6.45, 7) is 0.811. The molecule has 2 rings (SSSR count). The Balaban J connectivity index is 1.92. The highest BCUT2D eigenvalue weighted by Crippen LogP contribution is 2.34. The Hall–Kier alpha value is -3.27. The number of rotatable bonds is 9. The number of ether oxygens (including phenoxy) is 3. The minimum atomic E-state index is 0.692. The SMILES string of the molecule is COc1cc(OC)c(/C=C/C=C/C=C\C=[NH+]Cc2ccccc2)c(OC)c1. The van der Waals surface area contributed by atoms with Crippen LogP contribution in [0.4, 0.5) is 0 Å². The lowest BCUT2D eigenvalue weighted by Gasteiger charge is -2.12. The van der Waals surface area contributed by atoms with Gasteiger partial charge in [0.05, 0.1) is 26.9 Å². The summed E-state index contributed by atoms with van der Waals surface area (Å²) >= 11 is 0. The number of benzene rings is 2. The minimum Gasteiger partial charge on any atom is -0.496 e. The molecule has 0 spiro atoms. The van der Waals surface area contributed by atoms with E-state index in [0.29, 0.717) is 17.2 Å². The fourth-order valence-corrected chi connectivity index (χ4v) is 2.44. The Labute approximate surface area is 161 Å². The maximum absolute atomic E-state index is 5.43. The van der Waals surface area contributed by atoms with Crippen molar-refractivity contribution < 1.29 is 19.2 Å². The molecule has 4 nitrogen and oxygen atoms in total. The summed E-state index contributed by atoms with van der Waals surface area (Å²) in [5.74, 6) is 2.09. The van der Waals surface area contributed by atoms with Crippen LogP contribution in [0, 0.1) is 0 Å². The van der Waals surface area contributed by atoms with Gasteiger partial charge in [0.2, 0.25) is 0 Å². The zero-order chi connectivity index (χ0) is 19.3. The molecular weight excluding hydrogens is 338 g/mol. The van der Waals surface area contributed by atoms with Gasteiger partial charge in [-0.25, -0.2) is 4.99 Å². The fourth-order valence-electron chi connectivity index (χ4n) is 2.44. The third-order valence-electron chi connectivity index (χ3n) is 3.82. The van der Waals surface area contributed by atoms with E-state index in [-0.39, 0.29) is 0 Å². The standard InChI is InChI=1S/C23H25NO3/c1-25-20-16-22(26-2)21(23(17-20)27-3)14-10-5-4-6-11-15-24-18-19-12-8-7-9-13-19/h4-17H,18H2,1-3H3/p+1/b5-4+,11-6-,14-10+,24-15?. The van der Waals surface area contributed by atoms with Crippen LogP contribution >= 0.6 is 0 Å². The predicted molar refractivity (Wildman–Crippen MR) is 111 cm³/mol.